The molecule has 1 aromatic heterocycles. The summed E-state index contributed by atoms with van der Waals surface area (Å²) in [5, 5.41) is 0.746. The molecule has 1 heterocycles. The number of halogens is 1. The van der Waals surface area contributed by atoms with Crippen LogP contribution in [0.4, 0.5) is 0 Å². The smallest absolute Gasteiger partial charge is 0.110 e. The van der Waals surface area contributed by atoms with Gasteiger partial charge in [0.25, 0.3) is 0 Å². The van der Waals surface area contributed by atoms with Gasteiger partial charge in [0, 0.05) is 24.1 Å². The Balaban J connectivity index is 2.48. The number of benzene rings is 1. The lowest BCUT2D eigenvalue weighted by atomic mass is 10.1. The zero-order valence-electron chi connectivity index (χ0n) is 10.1. The lowest BCUT2D eigenvalue weighted by Crippen LogP contribution is -2.08. The summed E-state index contributed by atoms with van der Waals surface area (Å²) >= 11 is 5.89. The number of imidazole rings is 1. The molecule has 2 N–H and O–H groups in total. The van der Waals surface area contributed by atoms with Crippen molar-refractivity contribution in [3.63, 3.8) is 0 Å². The van der Waals surface area contributed by atoms with E-state index < -0.39 is 0 Å². The maximum absolute atomic E-state index is 5.89. The van der Waals surface area contributed by atoms with E-state index in [0.29, 0.717) is 6.54 Å². The Morgan fingerprint density at radius 1 is 1.29 bits per heavy atom. The SMILES string of the molecule is Cc1nc(CCN)n(C)c1-c1ccc(Cl)cc1. The van der Waals surface area contributed by atoms with Crippen LogP contribution in [-0.4, -0.2) is 16.1 Å². The molecule has 90 valence electrons. The van der Waals surface area contributed by atoms with Crippen LogP contribution >= 0.6 is 11.6 Å². The molecule has 0 unspecified atom stereocenters. The topological polar surface area (TPSA) is 43.8 Å². The normalized spacial score (nSPS) is 10.8. The van der Waals surface area contributed by atoms with Gasteiger partial charge in [0.1, 0.15) is 5.82 Å². The van der Waals surface area contributed by atoms with E-state index in [4.69, 9.17) is 17.3 Å². The second-order valence-corrected chi connectivity index (χ2v) is 4.50. The predicted molar refractivity (Wildman–Crippen MR) is 71.1 cm³/mol. The van der Waals surface area contributed by atoms with Gasteiger partial charge in [-0.3, -0.25) is 0 Å². The van der Waals surface area contributed by atoms with Crippen molar-refractivity contribution in [3.8, 4) is 11.3 Å². The summed E-state index contributed by atoms with van der Waals surface area (Å²) in [5.74, 6) is 1.02. The number of rotatable bonds is 3. The minimum absolute atomic E-state index is 0.615. The Kier molecular flexibility index (Phi) is 3.50. The molecule has 0 spiro atoms. The first kappa shape index (κ1) is 12.1. The summed E-state index contributed by atoms with van der Waals surface area (Å²) in [7, 11) is 2.02. The van der Waals surface area contributed by atoms with Gasteiger partial charge >= 0.3 is 0 Å². The lowest BCUT2D eigenvalue weighted by Gasteiger charge is -2.06. The number of nitrogens with zero attached hydrogens (tertiary/aromatic N) is 2. The fourth-order valence-electron chi connectivity index (χ4n) is 2.06. The van der Waals surface area contributed by atoms with Gasteiger partial charge in [-0.2, -0.15) is 0 Å². The third-order valence-electron chi connectivity index (χ3n) is 2.85. The summed E-state index contributed by atoms with van der Waals surface area (Å²) in [4.78, 5) is 4.55. The molecule has 0 aliphatic rings. The van der Waals surface area contributed by atoms with E-state index in [1.54, 1.807) is 0 Å². The van der Waals surface area contributed by atoms with Gasteiger partial charge in [-0.15, -0.1) is 0 Å². The molecule has 0 saturated carbocycles. The Morgan fingerprint density at radius 2 is 1.94 bits per heavy atom. The first-order chi connectivity index (χ1) is 8.13. The van der Waals surface area contributed by atoms with Crippen LogP contribution in [0.2, 0.25) is 5.02 Å². The van der Waals surface area contributed by atoms with Crippen LogP contribution in [0.15, 0.2) is 24.3 Å². The average Bonchev–Trinajstić information content (AvgIpc) is 2.57. The highest BCUT2D eigenvalue weighted by molar-refractivity contribution is 6.30. The fourth-order valence-corrected chi connectivity index (χ4v) is 2.18. The highest BCUT2D eigenvalue weighted by Crippen LogP contribution is 2.25. The maximum atomic E-state index is 5.89. The van der Waals surface area contributed by atoms with E-state index in [9.17, 15) is 0 Å². The van der Waals surface area contributed by atoms with Crippen LogP contribution < -0.4 is 5.73 Å². The molecule has 0 atom stereocenters. The highest BCUT2D eigenvalue weighted by atomic mass is 35.5. The van der Waals surface area contributed by atoms with Gasteiger partial charge < -0.3 is 10.3 Å². The first-order valence-corrected chi connectivity index (χ1v) is 5.99. The van der Waals surface area contributed by atoms with Gasteiger partial charge in [-0.1, -0.05) is 23.7 Å². The molecular formula is C13H16ClN3. The molecule has 4 heteroatoms. The lowest BCUT2D eigenvalue weighted by molar-refractivity contribution is 0.782. The summed E-state index contributed by atoms with van der Waals surface area (Å²) in [6.07, 6.45) is 0.797. The Morgan fingerprint density at radius 3 is 2.53 bits per heavy atom. The number of hydrogen-bond donors (Lipinski definition) is 1. The van der Waals surface area contributed by atoms with Crippen molar-refractivity contribution in [2.24, 2.45) is 12.8 Å². The predicted octanol–water partition coefficient (Wildman–Crippen LogP) is 2.55. The third-order valence-corrected chi connectivity index (χ3v) is 3.10. The summed E-state index contributed by atoms with van der Waals surface area (Å²) in [5.41, 5.74) is 8.86. The summed E-state index contributed by atoms with van der Waals surface area (Å²) in [6.45, 7) is 2.63. The molecule has 0 bridgehead atoms. The Bertz CT molecular complexity index is 514. The number of aryl methyl sites for hydroxylation is 1. The molecule has 1 aromatic carbocycles. The molecule has 0 saturated heterocycles. The van der Waals surface area contributed by atoms with Crippen molar-refractivity contribution in [2.45, 2.75) is 13.3 Å². The second kappa shape index (κ2) is 4.90. The van der Waals surface area contributed by atoms with Crippen molar-refractivity contribution in [1.29, 1.82) is 0 Å². The van der Waals surface area contributed by atoms with E-state index >= 15 is 0 Å². The highest BCUT2D eigenvalue weighted by Gasteiger charge is 2.12. The minimum atomic E-state index is 0.615. The van der Waals surface area contributed by atoms with E-state index in [0.717, 1.165) is 34.2 Å². The van der Waals surface area contributed by atoms with Gasteiger partial charge in [0.15, 0.2) is 0 Å². The summed E-state index contributed by atoms with van der Waals surface area (Å²) in [6, 6.07) is 7.81. The third kappa shape index (κ3) is 2.35. The van der Waals surface area contributed by atoms with Crippen molar-refractivity contribution in [1.82, 2.24) is 9.55 Å². The largest absolute Gasteiger partial charge is 0.331 e. The molecule has 0 aliphatic heterocycles. The Labute approximate surface area is 106 Å². The van der Waals surface area contributed by atoms with Crippen molar-refractivity contribution >= 4 is 11.6 Å². The zero-order valence-corrected chi connectivity index (χ0v) is 10.8. The molecule has 3 nitrogen and oxygen atoms in total. The monoisotopic (exact) mass is 249 g/mol. The number of aromatic nitrogens is 2. The van der Waals surface area contributed by atoms with Gasteiger partial charge in [0.2, 0.25) is 0 Å². The standard InChI is InChI=1S/C13H16ClN3/c1-9-13(10-3-5-11(14)6-4-10)17(2)12(16-9)7-8-15/h3-6H,7-8,15H2,1-2H3. The van der Waals surface area contributed by atoms with Crippen LogP contribution in [-0.2, 0) is 13.5 Å². The van der Waals surface area contributed by atoms with E-state index in [1.807, 2.05) is 38.2 Å². The van der Waals surface area contributed by atoms with Crippen LogP contribution in [0.1, 0.15) is 11.5 Å². The van der Waals surface area contributed by atoms with Crippen LogP contribution in [0.5, 0.6) is 0 Å². The van der Waals surface area contributed by atoms with E-state index in [2.05, 4.69) is 9.55 Å². The average molecular weight is 250 g/mol. The van der Waals surface area contributed by atoms with E-state index in [1.165, 1.54) is 0 Å². The molecule has 0 radical (unpaired) electrons. The minimum Gasteiger partial charge on any atom is -0.331 e. The Hall–Kier alpha value is -1.32. The van der Waals surface area contributed by atoms with Crippen molar-refractivity contribution in [2.75, 3.05) is 6.54 Å². The van der Waals surface area contributed by atoms with Gasteiger partial charge in [0.05, 0.1) is 11.4 Å². The summed E-state index contributed by atoms with van der Waals surface area (Å²) < 4.78 is 2.10. The molecule has 2 rings (SSSR count). The van der Waals surface area contributed by atoms with Crippen molar-refractivity contribution < 1.29 is 0 Å². The molecule has 0 fully saturated rings. The number of hydrogen-bond acceptors (Lipinski definition) is 2. The fraction of sp³-hybridized carbons (Fsp3) is 0.308. The molecule has 2 aromatic rings. The van der Waals surface area contributed by atoms with Crippen LogP contribution in [0, 0.1) is 6.92 Å². The van der Waals surface area contributed by atoms with E-state index in [-0.39, 0.29) is 0 Å². The van der Waals surface area contributed by atoms with Gasteiger partial charge in [-0.25, -0.2) is 4.98 Å². The quantitative estimate of drug-likeness (QED) is 0.909. The second-order valence-electron chi connectivity index (χ2n) is 4.07. The molecule has 0 amide bonds. The van der Waals surface area contributed by atoms with Crippen LogP contribution in [0.3, 0.4) is 0 Å². The molecule has 0 aliphatic carbocycles. The van der Waals surface area contributed by atoms with Gasteiger partial charge in [-0.05, 0) is 25.6 Å². The van der Waals surface area contributed by atoms with Crippen LogP contribution in [0.25, 0.3) is 11.3 Å². The first-order valence-electron chi connectivity index (χ1n) is 5.61. The van der Waals surface area contributed by atoms with Crippen molar-refractivity contribution in [3.05, 3.63) is 40.8 Å². The molecule has 17 heavy (non-hydrogen) atoms. The zero-order chi connectivity index (χ0) is 12.4. The number of nitrogens with two attached hydrogens (primary N) is 1. The maximum Gasteiger partial charge on any atom is 0.110 e. The molecular weight excluding hydrogens is 234 g/mol.